The molecule has 0 aliphatic heterocycles. The van der Waals surface area contributed by atoms with Gasteiger partial charge in [-0.3, -0.25) is 14.3 Å². The van der Waals surface area contributed by atoms with E-state index < -0.39 is 22.1 Å². The Morgan fingerprint density at radius 2 is 1.66 bits per heavy atom. The Morgan fingerprint density at radius 3 is 2.17 bits per heavy atom. The minimum Gasteiger partial charge on any atom is -0.490 e. The summed E-state index contributed by atoms with van der Waals surface area (Å²) in [5.74, 6) is -0.218. The van der Waals surface area contributed by atoms with Crippen molar-refractivity contribution in [3.05, 3.63) is 58.1 Å². The first-order valence-corrected chi connectivity index (χ1v) is 13.6. The highest BCUT2D eigenvalue weighted by Gasteiger charge is 2.20. The Morgan fingerprint density at radius 1 is 1.03 bits per heavy atom. The van der Waals surface area contributed by atoms with Gasteiger partial charge in [0.05, 0.1) is 22.8 Å². The minimum absolute atomic E-state index is 0.00891. The van der Waals surface area contributed by atoms with Gasteiger partial charge in [-0.15, -0.1) is 0 Å². The molecule has 194 valence electrons. The van der Waals surface area contributed by atoms with E-state index in [4.69, 9.17) is 32.7 Å². The van der Waals surface area contributed by atoms with Crippen molar-refractivity contribution in [1.29, 1.82) is 0 Å². The molecule has 11 heteroatoms. The topological polar surface area (TPSA) is 102 Å². The fourth-order valence-electron chi connectivity index (χ4n) is 2.96. The highest BCUT2D eigenvalue weighted by atomic mass is 35.5. The standard InChI is InChI=1S/C22H26Cl2N2O6S.C2H6/c1-15(27)26(11-10-17-4-9-21(23)22(24)12-17)13-20(32-16(2)28)14-31-19-7-5-18(6-8-19)25-33(3,29)30;1-2/h4-9,12,20,25H,10-11,13-14H2,1-3H3;1-2H3. The van der Waals surface area contributed by atoms with Crippen molar-refractivity contribution in [1.82, 2.24) is 4.90 Å². The first-order chi connectivity index (χ1) is 16.4. The van der Waals surface area contributed by atoms with Gasteiger partial charge in [0, 0.05) is 26.1 Å². The van der Waals surface area contributed by atoms with Crippen LogP contribution in [0.25, 0.3) is 0 Å². The van der Waals surface area contributed by atoms with Crippen LogP contribution in [0.4, 0.5) is 5.69 Å². The summed E-state index contributed by atoms with van der Waals surface area (Å²) >= 11 is 12.0. The molecule has 0 aliphatic rings. The molecule has 0 fully saturated rings. The van der Waals surface area contributed by atoms with Crippen LogP contribution < -0.4 is 9.46 Å². The molecule has 0 aliphatic carbocycles. The zero-order valence-corrected chi connectivity index (χ0v) is 22.8. The third-order valence-corrected chi connectivity index (χ3v) is 5.80. The number of halogens is 2. The van der Waals surface area contributed by atoms with Crippen LogP contribution in [0.3, 0.4) is 0 Å². The fraction of sp³-hybridized carbons (Fsp3) is 0.417. The van der Waals surface area contributed by atoms with Crippen molar-refractivity contribution < 1.29 is 27.5 Å². The quantitative estimate of drug-likeness (QED) is 0.406. The molecule has 2 aromatic rings. The van der Waals surface area contributed by atoms with Crippen molar-refractivity contribution in [3.8, 4) is 5.75 Å². The highest BCUT2D eigenvalue weighted by Crippen LogP contribution is 2.23. The molecule has 0 spiro atoms. The molecule has 35 heavy (non-hydrogen) atoms. The van der Waals surface area contributed by atoms with Gasteiger partial charge >= 0.3 is 5.97 Å². The third-order valence-electron chi connectivity index (χ3n) is 4.45. The van der Waals surface area contributed by atoms with E-state index in [0.717, 1.165) is 11.8 Å². The molecule has 2 rings (SSSR count). The summed E-state index contributed by atoms with van der Waals surface area (Å²) in [7, 11) is -3.38. The number of nitrogens with one attached hydrogen (secondary N) is 1. The van der Waals surface area contributed by atoms with Crippen LogP contribution in [0.15, 0.2) is 42.5 Å². The zero-order valence-electron chi connectivity index (χ0n) is 20.5. The predicted molar refractivity (Wildman–Crippen MR) is 140 cm³/mol. The molecule has 0 aromatic heterocycles. The van der Waals surface area contributed by atoms with Gasteiger partial charge < -0.3 is 14.4 Å². The van der Waals surface area contributed by atoms with E-state index in [1.165, 1.54) is 13.8 Å². The molecule has 1 unspecified atom stereocenters. The second-order valence-electron chi connectivity index (χ2n) is 7.40. The lowest BCUT2D eigenvalue weighted by molar-refractivity contribution is -0.151. The predicted octanol–water partition coefficient (Wildman–Crippen LogP) is 4.79. The van der Waals surface area contributed by atoms with Gasteiger partial charge in [-0.1, -0.05) is 43.1 Å². The monoisotopic (exact) mass is 546 g/mol. The molecule has 1 N–H and O–H groups in total. The Bertz CT molecular complexity index is 1080. The fourth-order valence-corrected chi connectivity index (χ4v) is 3.85. The van der Waals surface area contributed by atoms with E-state index in [-0.39, 0.29) is 19.1 Å². The van der Waals surface area contributed by atoms with Crippen molar-refractivity contribution >= 4 is 50.8 Å². The van der Waals surface area contributed by atoms with Crippen molar-refractivity contribution in [2.75, 3.05) is 30.7 Å². The van der Waals surface area contributed by atoms with Crippen LogP contribution >= 0.6 is 23.2 Å². The summed E-state index contributed by atoms with van der Waals surface area (Å²) in [5.41, 5.74) is 1.31. The second-order valence-corrected chi connectivity index (χ2v) is 9.97. The molecular formula is C24H32Cl2N2O6S. The summed E-state index contributed by atoms with van der Waals surface area (Å²) in [6.07, 6.45) is 0.900. The maximum absolute atomic E-state index is 12.2. The van der Waals surface area contributed by atoms with E-state index in [1.54, 1.807) is 41.3 Å². The van der Waals surface area contributed by atoms with Gasteiger partial charge in [-0.2, -0.15) is 0 Å². The van der Waals surface area contributed by atoms with E-state index in [2.05, 4.69) is 4.72 Å². The van der Waals surface area contributed by atoms with Crippen LogP contribution in [-0.4, -0.2) is 57.3 Å². The van der Waals surface area contributed by atoms with Gasteiger partial charge in [-0.25, -0.2) is 8.42 Å². The number of hydrogen-bond donors (Lipinski definition) is 1. The Kier molecular flexibility index (Phi) is 12.9. The molecule has 0 bridgehead atoms. The summed E-state index contributed by atoms with van der Waals surface area (Å²) in [6.45, 7) is 7.26. The van der Waals surface area contributed by atoms with E-state index >= 15 is 0 Å². The number of carbonyl (C=O) groups excluding carboxylic acids is 2. The molecule has 0 radical (unpaired) electrons. The number of rotatable bonds is 11. The van der Waals surface area contributed by atoms with Gasteiger partial charge in [0.25, 0.3) is 0 Å². The van der Waals surface area contributed by atoms with Crippen molar-refractivity contribution in [2.24, 2.45) is 0 Å². The lowest BCUT2D eigenvalue weighted by Crippen LogP contribution is -2.41. The van der Waals surface area contributed by atoms with Crippen molar-refractivity contribution in [3.63, 3.8) is 0 Å². The van der Waals surface area contributed by atoms with E-state index in [0.29, 0.717) is 34.4 Å². The number of sulfonamides is 1. The van der Waals surface area contributed by atoms with Gasteiger partial charge in [0.1, 0.15) is 12.4 Å². The normalized spacial score (nSPS) is 11.5. The summed E-state index contributed by atoms with van der Waals surface area (Å²) in [5, 5.41) is 0.892. The Balaban J connectivity index is 0.00000298. The SMILES string of the molecule is CC.CC(=O)OC(COc1ccc(NS(C)(=O)=O)cc1)CN(CCc1ccc(Cl)c(Cl)c1)C(C)=O. The average molecular weight is 548 g/mol. The van der Waals surface area contributed by atoms with Crippen LogP contribution in [-0.2, 0) is 30.8 Å². The maximum Gasteiger partial charge on any atom is 0.303 e. The molecule has 8 nitrogen and oxygen atoms in total. The van der Waals surface area contributed by atoms with E-state index in [1.807, 2.05) is 19.9 Å². The molecule has 1 atom stereocenters. The zero-order chi connectivity index (χ0) is 26.6. The van der Waals surface area contributed by atoms with Gasteiger partial charge in [-0.05, 0) is 48.4 Å². The third kappa shape index (κ3) is 12.2. The lowest BCUT2D eigenvalue weighted by Gasteiger charge is -2.26. The van der Waals surface area contributed by atoms with Crippen LogP contribution in [0.2, 0.25) is 10.0 Å². The summed E-state index contributed by atoms with van der Waals surface area (Å²) in [4.78, 5) is 25.3. The molecular weight excluding hydrogens is 515 g/mol. The number of hydrogen-bond acceptors (Lipinski definition) is 6. The van der Waals surface area contributed by atoms with Crippen LogP contribution in [0, 0.1) is 0 Å². The lowest BCUT2D eigenvalue weighted by atomic mass is 10.1. The second kappa shape index (κ2) is 14.8. The molecule has 1 amide bonds. The smallest absolute Gasteiger partial charge is 0.303 e. The van der Waals surface area contributed by atoms with Gasteiger partial charge in [0.2, 0.25) is 15.9 Å². The average Bonchev–Trinajstić information content (AvgIpc) is 2.77. The molecule has 2 aromatic carbocycles. The number of amides is 1. The number of benzene rings is 2. The van der Waals surface area contributed by atoms with Crippen LogP contribution in [0.1, 0.15) is 33.3 Å². The maximum atomic E-state index is 12.2. The minimum atomic E-state index is -3.38. The summed E-state index contributed by atoms with van der Waals surface area (Å²) < 4.78 is 36.0. The highest BCUT2D eigenvalue weighted by molar-refractivity contribution is 7.92. The number of ether oxygens (including phenoxy) is 2. The van der Waals surface area contributed by atoms with E-state index in [9.17, 15) is 18.0 Å². The number of nitrogens with zero attached hydrogens (tertiary/aromatic N) is 1. The number of carbonyl (C=O) groups is 2. The molecule has 0 saturated carbocycles. The van der Waals surface area contributed by atoms with Gasteiger partial charge in [0.15, 0.2) is 6.10 Å². The van der Waals surface area contributed by atoms with Crippen molar-refractivity contribution in [2.45, 2.75) is 40.2 Å². The Labute approximate surface area is 217 Å². The largest absolute Gasteiger partial charge is 0.490 e. The Hall–Kier alpha value is -2.49. The first kappa shape index (κ1) is 30.5. The first-order valence-electron chi connectivity index (χ1n) is 11.0. The summed E-state index contributed by atoms with van der Waals surface area (Å²) in [6, 6.07) is 11.6. The molecule has 0 heterocycles. The molecule has 0 saturated heterocycles. The number of esters is 1. The number of anilines is 1. The van der Waals surface area contributed by atoms with Crippen LogP contribution in [0.5, 0.6) is 5.75 Å².